The van der Waals surface area contributed by atoms with Gasteiger partial charge in [-0.2, -0.15) is 5.26 Å². The predicted octanol–water partition coefficient (Wildman–Crippen LogP) is 3.85. The molecule has 1 aliphatic rings. The molecule has 1 saturated heterocycles. The fourth-order valence-corrected chi connectivity index (χ4v) is 4.77. The number of aromatic nitrogens is 3. The quantitative estimate of drug-likeness (QED) is 0.413. The molecule has 0 unspecified atom stereocenters. The summed E-state index contributed by atoms with van der Waals surface area (Å²) in [6, 6.07) is 15.4. The van der Waals surface area contributed by atoms with E-state index >= 15 is 0 Å². The van der Waals surface area contributed by atoms with Gasteiger partial charge >= 0.3 is 0 Å². The average Bonchev–Trinajstić information content (AvgIpc) is 2.95. The van der Waals surface area contributed by atoms with Crippen molar-refractivity contribution in [1.29, 1.82) is 5.26 Å². The van der Waals surface area contributed by atoms with Gasteiger partial charge in [0.15, 0.2) is 0 Å². The van der Waals surface area contributed by atoms with Crippen molar-refractivity contribution in [2.45, 2.75) is 13.8 Å². The second-order valence-corrected chi connectivity index (χ2v) is 9.23. The Hall–Kier alpha value is -4.84. The van der Waals surface area contributed by atoms with Crippen LogP contribution in [0.1, 0.15) is 28.4 Å². The molecule has 0 atom stereocenters. The fourth-order valence-electron chi connectivity index (χ4n) is 4.77. The first-order chi connectivity index (χ1) is 18.4. The molecule has 0 saturated carbocycles. The normalized spacial score (nSPS) is 13.3. The monoisotopic (exact) mass is 506 g/mol. The van der Waals surface area contributed by atoms with Crippen LogP contribution in [-0.4, -0.2) is 69.9 Å². The molecular weight excluding hydrogens is 480 g/mol. The van der Waals surface area contributed by atoms with Gasteiger partial charge in [-0.15, -0.1) is 0 Å². The predicted molar refractivity (Wildman–Crippen MR) is 142 cm³/mol. The van der Waals surface area contributed by atoms with Crippen LogP contribution in [0, 0.1) is 18.3 Å². The number of piperazine rings is 1. The summed E-state index contributed by atoms with van der Waals surface area (Å²) in [7, 11) is 1.48. The molecule has 2 aromatic heterocycles. The molecule has 0 radical (unpaired) electrons. The first-order valence-corrected chi connectivity index (χ1v) is 12.2. The van der Waals surface area contributed by atoms with Crippen LogP contribution in [0.3, 0.4) is 0 Å². The molecule has 5 rings (SSSR count). The molecule has 0 spiro atoms. The number of aryl methyl sites for hydroxylation is 1. The third kappa shape index (κ3) is 4.76. The van der Waals surface area contributed by atoms with E-state index in [0.717, 1.165) is 33.2 Å². The van der Waals surface area contributed by atoms with Crippen molar-refractivity contribution in [3.8, 4) is 34.3 Å². The van der Waals surface area contributed by atoms with Gasteiger partial charge in [0.25, 0.3) is 5.91 Å². The summed E-state index contributed by atoms with van der Waals surface area (Å²) >= 11 is 0. The largest absolute Gasteiger partial charge is 0.480 e. The van der Waals surface area contributed by atoms with Crippen LogP contribution in [-0.2, 0) is 4.79 Å². The van der Waals surface area contributed by atoms with Crippen molar-refractivity contribution in [3.63, 3.8) is 0 Å². The summed E-state index contributed by atoms with van der Waals surface area (Å²) < 4.78 is 5.17. The average molecular weight is 507 g/mol. The zero-order chi connectivity index (χ0) is 26.8. The maximum Gasteiger partial charge on any atom is 0.254 e. The van der Waals surface area contributed by atoms with Crippen LogP contribution >= 0.6 is 0 Å². The molecule has 38 heavy (non-hydrogen) atoms. The van der Waals surface area contributed by atoms with E-state index in [1.807, 2.05) is 43.3 Å². The van der Waals surface area contributed by atoms with E-state index in [9.17, 15) is 14.9 Å². The second kappa shape index (κ2) is 10.3. The highest BCUT2D eigenvalue weighted by Crippen LogP contribution is 2.32. The molecule has 0 bridgehead atoms. The Balaban J connectivity index is 1.52. The van der Waals surface area contributed by atoms with Crippen LogP contribution in [0.15, 0.2) is 55.0 Å². The second-order valence-electron chi connectivity index (χ2n) is 9.23. The lowest BCUT2D eigenvalue weighted by Gasteiger charge is -2.34. The summed E-state index contributed by atoms with van der Waals surface area (Å²) in [5.41, 5.74) is 5.77. The maximum absolute atomic E-state index is 13.4. The van der Waals surface area contributed by atoms with Gasteiger partial charge in [0.05, 0.1) is 18.3 Å². The van der Waals surface area contributed by atoms with Crippen molar-refractivity contribution in [2.24, 2.45) is 0 Å². The number of benzene rings is 2. The minimum Gasteiger partial charge on any atom is -0.480 e. The first kappa shape index (κ1) is 24.8. The van der Waals surface area contributed by atoms with Crippen LogP contribution in [0.25, 0.3) is 33.3 Å². The van der Waals surface area contributed by atoms with Gasteiger partial charge < -0.3 is 14.5 Å². The van der Waals surface area contributed by atoms with Gasteiger partial charge in [-0.25, -0.2) is 15.0 Å². The molecule has 2 amide bonds. The van der Waals surface area contributed by atoms with E-state index in [4.69, 9.17) is 4.74 Å². The smallest absolute Gasteiger partial charge is 0.254 e. The molecule has 0 N–H and O–H groups in total. The standard InChI is InChI=1S/C29H26N6O3/c1-18-10-21(12-22(11-18)29(37)35-8-6-34(7-9-35)19(2)36)27-25-14-20(4-5-26(25)32-17-33-27)24-13-23(15-30)28(38-3)31-16-24/h4-5,10-14,16-17H,6-9H2,1-3H3. The molecule has 190 valence electrons. The number of fused-ring (bicyclic) bond motifs is 1. The number of carbonyl (C=O) groups excluding carboxylic acids is 2. The summed E-state index contributed by atoms with van der Waals surface area (Å²) in [4.78, 5) is 41.9. The van der Waals surface area contributed by atoms with Gasteiger partial charge in [0, 0.05) is 61.4 Å². The van der Waals surface area contributed by atoms with Gasteiger partial charge in [0.2, 0.25) is 11.8 Å². The van der Waals surface area contributed by atoms with E-state index in [-0.39, 0.29) is 17.7 Å². The lowest BCUT2D eigenvalue weighted by Crippen LogP contribution is -2.50. The van der Waals surface area contributed by atoms with E-state index < -0.39 is 0 Å². The van der Waals surface area contributed by atoms with Gasteiger partial charge in [0.1, 0.15) is 18.0 Å². The molecule has 2 aromatic carbocycles. The highest BCUT2D eigenvalue weighted by atomic mass is 16.5. The zero-order valence-corrected chi connectivity index (χ0v) is 21.4. The van der Waals surface area contributed by atoms with E-state index in [2.05, 4.69) is 21.0 Å². The topological polar surface area (TPSA) is 112 Å². The number of carbonyl (C=O) groups is 2. The minimum atomic E-state index is -0.0643. The molecule has 4 aromatic rings. The van der Waals surface area contributed by atoms with Crippen molar-refractivity contribution in [2.75, 3.05) is 33.3 Å². The van der Waals surface area contributed by atoms with Crippen molar-refractivity contribution < 1.29 is 14.3 Å². The lowest BCUT2D eigenvalue weighted by molar-refractivity contribution is -0.130. The fraction of sp³-hybridized carbons (Fsp3) is 0.241. The molecule has 9 heteroatoms. The third-order valence-corrected chi connectivity index (χ3v) is 6.74. The van der Waals surface area contributed by atoms with Crippen molar-refractivity contribution in [1.82, 2.24) is 24.8 Å². The summed E-state index contributed by atoms with van der Waals surface area (Å²) in [5.74, 6) is 0.241. The van der Waals surface area contributed by atoms with Crippen LogP contribution in [0.5, 0.6) is 5.88 Å². The minimum absolute atomic E-state index is 0.0271. The highest BCUT2D eigenvalue weighted by molar-refractivity contribution is 5.99. The van der Waals surface area contributed by atoms with Gasteiger partial charge in [-0.05, 0) is 54.4 Å². The molecule has 1 fully saturated rings. The maximum atomic E-state index is 13.4. The van der Waals surface area contributed by atoms with Crippen LogP contribution in [0.4, 0.5) is 0 Å². The number of nitriles is 1. The number of rotatable bonds is 4. The van der Waals surface area contributed by atoms with Gasteiger partial charge in [-0.1, -0.05) is 6.07 Å². The van der Waals surface area contributed by atoms with E-state index in [1.165, 1.54) is 13.4 Å². The Kier molecular flexibility index (Phi) is 6.71. The number of amides is 2. The summed E-state index contributed by atoms with van der Waals surface area (Å²) in [6.07, 6.45) is 3.18. The Labute approximate surface area is 220 Å². The third-order valence-electron chi connectivity index (χ3n) is 6.74. The Morgan fingerprint density at radius 1 is 0.921 bits per heavy atom. The van der Waals surface area contributed by atoms with Crippen LogP contribution in [0.2, 0.25) is 0 Å². The zero-order valence-electron chi connectivity index (χ0n) is 21.4. The molecular formula is C29H26N6O3. The molecule has 0 aliphatic carbocycles. The Morgan fingerprint density at radius 2 is 1.68 bits per heavy atom. The van der Waals surface area contributed by atoms with E-state index in [1.54, 1.807) is 29.0 Å². The molecule has 3 heterocycles. The number of pyridine rings is 1. The van der Waals surface area contributed by atoms with E-state index in [0.29, 0.717) is 43.0 Å². The van der Waals surface area contributed by atoms with Gasteiger partial charge in [-0.3, -0.25) is 9.59 Å². The van der Waals surface area contributed by atoms with Crippen molar-refractivity contribution in [3.05, 3.63) is 71.7 Å². The number of ether oxygens (including phenoxy) is 1. The first-order valence-electron chi connectivity index (χ1n) is 12.2. The SMILES string of the molecule is COc1ncc(-c2ccc3ncnc(-c4cc(C)cc(C(=O)N5CCN(C(C)=O)CC5)c4)c3c2)cc1C#N. The summed E-state index contributed by atoms with van der Waals surface area (Å²) in [6.45, 7) is 5.58. The molecule has 9 nitrogen and oxygen atoms in total. The molecule has 1 aliphatic heterocycles. The van der Waals surface area contributed by atoms with Crippen molar-refractivity contribution >= 4 is 22.7 Å². The Morgan fingerprint density at radius 3 is 2.39 bits per heavy atom. The van der Waals surface area contributed by atoms with Crippen LogP contribution < -0.4 is 4.74 Å². The summed E-state index contributed by atoms with van der Waals surface area (Å²) in [5, 5.41) is 10.3. The number of methoxy groups -OCH3 is 1. The number of hydrogen-bond acceptors (Lipinski definition) is 7. The number of nitrogens with zero attached hydrogens (tertiary/aromatic N) is 6. The lowest BCUT2D eigenvalue weighted by atomic mass is 9.98. The highest BCUT2D eigenvalue weighted by Gasteiger charge is 2.24. The Bertz CT molecular complexity index is 1600. The number of hydrogen-bond donors (Lipinski definition) is 0.